The molecule has 0 unspecified atom stereocenters. The van der Waals surface area contributed by atoms with Gasteiger partial charge in [-0.05, 0) is 24.3 Å². The molecule has 1 heterocycles. The van der Waals surface area contributed by atoms with E-state index in [0.717, 1.165) is 22.3 Å². The van der Waals surface area contributed by atoms with Crippen LogP contribution in [0.3, 0.4) is 0 Å². The summed E-state index contributed by atoms with van der Waals surface area (Å²) in [4.78, 5) is 4.66. The summed E-state index contributed by atoms with van der Waals surface area (Å²) < 4.78 is 5.22. The lowest BCUT2D eigenvalue weighted by Crippen LogP contribution is -2.18. The third-order valence-electron chi connectivity index (χ3n) is 3.07. The first-order chi connectivity index (χ1) is 8.82. The summed E-state index contributed by atoms with van der Waals surface area (Å²) in [6, 6.07) is 7.52. The first-order valence-electron chi connectivity index (χ1n) is 6.16. The number of nitrogens with zero attached hydrogens (tertiary/aromatic N) is 1. The summed E-state index contributed by atoms with van der Waals surface area (Å²) in [5.41, 5.74) is 8.07. The maximum atomic E-state index is 7.76. The largest absolute Gasteiger partial charge is 0.497 e. The molecule has 4 heteroatoms. The van der Waals surface area contributed by atoms with Crippen molar-refractivity contribution in [3.05, 3.63) is 35.5 Å². The Hall–Kier alpha value is -2.10. The minimum atomic E-state index is -0.0850. The predicted molar refractivity (Wildman–Crippen MR) is 78.0 cm³/mol. The number of nitrogens with one attached hydrogen (secondary N) is 1. The highest BCUT2D eigenvalue weighted by molar-refractivity contribution is 6.07. The molecule has 2 rings (SSSR count). The van der Waals surface area contributed by atoms with Crippen LogP contribution in [0.1, 0.15) is 32.0 Å². The van der Waals surface area contributed by atoms with Gasteiger partial charge in [-0.2, -0.15) is 0 Å². The summed E-state index contributed by atoms with van der Waals surface area (Å²) in [6.45, 7) is 6.28. The van der Waals surface area contributed by atoms with E-state index in [1.54, 1.807) is 7.11 Å². The van der Waals surface area contributed by atoms with E-state index in [0.29, 0.717) is 5.56 Å². The second-order valence-corrected chi connectivity index (χ2v) is 5.60. The van der Waals surface area contributed by atoms with Crippen molar-refractivity contribution in [2.45, 2.75) is 26.2 Å². The molecule has 0 spiro atoms. The second-order valence-electron chi connectivity index (χ2n) is 5.60. The van der Waals surface area contributed by atoms with Crippen LogP contribution in [0.15, 0.2) is 24.3 Å². The van der Waals surface area contributed by atoms with Crippen LogP contribution in [-0.2, 0) is 5.41 Å². The molecule has 3 N–H and O–H groups in total. The summed E-state index contributed by atoms with van der Waals surface area (Å²) in [5.74, 6) is 0.784. The van der Waals surface area contributed by atoms with Crippen LogP contribution in [-0.4, -0.2) is 17.9 Å². The quantitative estimate of drug-likeness (QED) is 0.642. The number of hydrogen-bond acceptors (Lipinski definition) is 3. The van der Waals surface area contributed by atoms with Crippen molar-refractivity contribution in [1.82, 2.24) is 4.98 Å². The van der Waals surface area contributed by atoms with Crippen LogP contribution < -0.4 is 10.5 Å². The lowest BCUT2D eigenvalue weighted by Gasteiger charge is -2.20. The van der Waals surface area contributed by atoms with Gasteiger partial charge >= 0.3 is 0 Å². The molecule has 1 aromatic carbocycles. The number of hydrogen-bond donors (Lipinski definition) is 2. The lowest BCUT2D eigenvalue weighted by atomic mass is 9.89. The lowest BCUT2D eigenvalue weighted by molar-refractivity contribution is 0.415. The normalized spacial score (nSPS) is 11.6. The predicted octanol–water partition coefficient (Wildman–Crippen LogP) is 2.82. The molecule has 0 amide bonds. The minimum absolute atomic E-state index is 0.0474. The summed E-state index contributed by atoms with van der Waals surface area (Å²) in [5, 5.41) is 8.60. The van der Waals surface area contributed by atoms with Gasteiger partial charge in [0, 0.05) is 22.1 Å². The molecular formula is C15H19N3O. The molecule has 19 heavy (non-hydrogen) atoms. The number of methoxy groups -OCH3 is 1. The molecule has 0 radical (unpaired) electrons. The Morgan fingerprint density at radius 3 is 2.47 bits per heavy atom. The molecular weight excluding hydrogens is 238 g/mol. The second kappa shape index (κ2) is 4.53. The summed E-state index contributed by atoms with van der Waals surface area (Å²) in [7, 11) is 1.62. The van der Waals surface area contributed by atoms with Gasteiger partial charge in [-0.25, -0.2) is 0 Å². The number of amidine groups is 1. The average Bonchev–Trinajstić information content (AvgIpc) is 2.35. The van der Waals surface area contributed by atoms with E-state index in [9.17, 15) is 0 Å². The van der Waals surface area contributed by atoms with E-state index in [2.05, 4.69) is 25.8 Å². The highest BCUT2D eigenvalue weighted by Gasteiger charge is 2.19. The highest BCUT2D eigenvalue weighted by atomic mass is 16.5. The minimum Gasteiger partial charge on any atom is -0.497 e. The van der Waals surface area contributed by atoms with Crippen molar-refractivity contribution >= 4 is 16.7 Å². The number of benzene rings is 1. The Morgan fingerprint density at radius 1 is 1.26 bits per heavy atom. The number of ether oxygens (including phenoxy) is 1. The van der Waals surface area contributed by atoms with E-state index in [1.165, 1.54) is 0 Å². The Kier molecular flexibility index (Phi) is 3.18. The molecule has 2 aromatic rings. The number of nitrogens with two attached hydrogens (primary N) is 1. The van der Waals surface area contributed by atoms with Crippen molar-refractivity contribution in [1.29, 1.82) is 5.41 Å². The monoisotopic (exact) mass is 257 g/mol. The zero-order valence-electron chi connectivity index (χ0n) is 11.7. The van der Waals surface area contributed by atoms with E-state index < -0.39 is 0 Å². The molecule has 1 aromatic heterocycles. The van der Waals surface area contributed by atoms with Crippen LogP contribution in [0.4, 0.5) is 0 Å². The number of rotatable bonds is 2. The number of aromatic nitrogens is 1. The molecule has 0 saturated heterocycles. The fourth-order valence-electron chi connectivity index (χ4n) is 1.94. The average molecular weight is 257 g/mol. The summed E-state index contributed by atoms with van der Waals surface area (Å²) >= 11 is 0. The molecule has 0 aliphatic rings. The number of fused-ring (bicyclic) bond motifs is 1. The van der Waals surface area contributed by atoms with Gasteiger partial charge in [0.1, 0.15) is 11.6 Å². The number of pyridine rings is 1. The van der Waals surface area contributed by atoms with Crippen LogP contribution in [0.5, 0.6) is 5.75 Å². The Morgan fingerprint density at radius 2 is 1.95 bits per heavy atom. The zero-order valence-corrected chi connectivity index (χ0v) is 11.7. The van der Waals surface area contributed by atoms with Crippen molar-refractivity contribution in [3.63, 3.8) is 0 Å². The molecule has 0 aliphatic heterocycles. The molecule has 0 fully saturated rings. The topological polar surface area (TPSA) is 72.0 Å². The fraction of sp³-hybridized carbons (Fsp3) is 0.333. The zero-order chi connectivity index (χ0) is 14.2. The Labute approximate surface area is 113 Å². The van der Waals surface area contributed by atoms with Gasteiger partial charge in [-0.3, -0.25) is 10.4 Å². The fourth-order valence-corrected chi connectivity index (χ4v) is 1.94. The first-order valence-corrected chi connectivity index (χ1v) is 6.16. The van der Waals surface area contributed by atoms with Gasteiger partial charge in [-0.1, -0.05) is 20.8 Å². The molecule has 100 valence electrons. The van der Waals surface area contributed by atoms with E-state index >= 15 is 0 Å². The van der Waals surface area contributed by atoms with Crippen molar-refractivity contribution in [2.24, 2.45) is 5.73 Å². The number of nitrogen functional groups attached to an aromatic ring is 1. The van der Waals surface area contributed by atoms with Crippen LogP contribution in [0.25, 0.3) is 10.9 Å². The molecule has 0 bridgehead atoms. The van der Waals surface area contributed by atoms with Gasteiger partial charge in [0.25, 0.3) is 0 Å². The van der Waals surface area contributed by atoms with Crippen LogP contribution >= 0.6 is 0 Å². The van der Waals surface area contributed by atoms with Crippen LogP contribution in [0.2, 0.25) is 0 Å². The first kappa shape index (κ1) is 13.3. The maximum Gasteiger partial charge on any atom is 0.123 e. The maximum absolute atomic E-state index is 7.76. The highest BCUT2D eigenvalue weighted by Crippen LogP contribution is 2.28. The molecule has 4 nitrogen and oxygen atoms in total. The van der Waals surface area contributed by atoms with Crippen LogP contribution in [0, 0.1) is 5.41 Å². The van der Waals surface area contributed by atoms with Crippen molar-refractivity contribution < 1.29 is 4.74 Å². The molecule has 0 aliphatic carbocycles. The van der Waals surface area contributed by atoms with E-state index in [4.69, 9.17) is 15.9 Å². The van der Waals surface area contributed by atoms with Gasteiger partial charge in [0.05, 0.1) is 12.6 Å². The standard InChI is InChI=1S/C15H19N3O/c1-15(2,3)13-8-11(14(16)17)10-7-9(19-4)5-6-12(10)18-13/h5-8H,1-4H3,(H3,16,17). The van der Waals surface area contributed by atoms with Gasteiger partial charge in [-0.15, -0.1) is 0 Å². The van der Waals surface area contributed by atoms with Gasteiger partial charge < -0.3 is 10.5 Å². The van der Waals surface area contributed by atoms with E-state index in [-0.39, 0.29) is 11.3 Å². The third-order valence-corrected chi connectivity index (χ3v) is 3.07. The SMILES string of the molecule is COc1ccc2nc(C(C)(C)C)cc(C(=N)N)c2c1. The van der Waals surface area contributed by atoms with Gasteiger partial charge in [0.15, 0.2) is 0 Å². The Bertz CT molecular complexity index is 642. The third kappa shape index (κ3) is 2.52. The smallest absolute Gasteiger partial charge is 0.123 e. The Balaban J connectivity index is 2.79. The van der Waals surface area contributed by atoms with E-state index in [1.807, 2.05) is 24.3 Å². The van der Waals surface area contributed by atoms with Crippen molar-refractivity contribution in [2.75, 3.05) is 7.11 Å². The van der Waals surface area contributed by atoms with Gasteiger partial charge in [0.2, 0.25) is 0 Å². The molecule has 0 saturated carbocycles. The molecule has 0 atom stereocenters. The van der Waals surface area contributed by atoms with Crippen molar-refractivity contribution in [3.8, 4) is 5.75 Å². The summed E-state index contributed by atoms with van der Waals surface area (Å²) in [6.07, 6.45) is 0.